The van der Waals surface area contributed by atoms with Gasteiger partial charge >= 0.3 is 0 Å². The summed E-state index contributed by atoms with van der Waals surface area (Å²) in [6.07, 6.45) is 1.17. The first kappa shape index (κ1) is 19.3. The van der Waals surface area contributed by atoms with Crippen LogP contribution in [0.5, 0.6) is 0 Å². The molecular formula is C19H24N4O3S. The van der Waals surface area contributed by atoms with Crippen LogP contribution in [-0.2, 0) is 22.7 Å². The molecule has 0 aliphatic carbocycles. The molecule has 2 heterocycles. The van der Waals surface area contributed by atoms with Gasteiger partial charge in [0.05, 0.1) is 5.69 Å². The lowest BCUT2D eigenvalue weighted by Gasteiger charge is -2.06. The molecule has 0 aliphatic rings. The minimum absolute atomic E-state index is 0.0676. The van der Waals surface area contributed by atoms with E-state index in [1.165, 1.54) is 6.92 Å². The first-order valence-electron chi connectivity index (χ1n) is 8.93. The molecule has 1 atom stereocenters. The van der Waals surface area contributed by atoms with Crippen LogP contribution in [0.1, 0.15) is 54.8 Å². The minimum Gasteiger partial charge on any atom is -0.424 e. The predicted molar refractivity (Wildman–Crippen MR) is 101 cm³/mol. The van der Waals surface area contributed by atoms with Gasteiger partial charge in [0, 0.05) is 18.5 Å². The molecule has 3 rings (SSSR count). The van der Waals surface area contributed by atoms with Crippen molar-refractivity contribution in [1.29, 1.82) is 0 Å². The maximum Gasteiger partial charge on any atom is 0.234 e. The van der Waals surface area contributed by atoms with E-state index in [-0.39, 0.29) is 11.0 Å². The van der Waals surface area contributed by atoms with Crippen molar-refractivity contribution < 1.29 is 12.8 Å². The van der Waals surface area contributed by atoms with Crippen molar-refractivity contribution in [2.75, 3.05) is 0 Å². The van der Waals surface area contributed by atoms with Crippen molar-refractivity contribution in [3.63, 3.8) is 0 Å². The molecule has 0 saturated heterocycles. The Kier molecular flexibility index (Phi) is 5.46. The number of sulfone groups is 1. The van der Waals surface area contributed by atoms with E-state index in [0.717, 1.165) is 11.3 Å². The van der Waals surface area contributed by atoms with Gasteiger partial charge in [-0.05, 0) is 25.3 Å². The van der Waals surface area contributed by atoms with Crippen LogP contribution < -0.4 is 0 Å². The Hall–Kier alpha value is -2.48. The third-order valence-electron chi connectivity index (χ3n) is 4.33. The molecule has 2 aromatic heterocycles. The van der Waals surface area contributed by atoms with Gasteiger partial charge in [-0.15, -0.1) is 10.2 Å². The summed E-state index contributed by atoms with van der Waals surface area (Å²) in [6.45, 7) is 7.42. The summed E-state index contributed by atoms with van der Waals surface area (Å²) in [5.41, 5.74) is 2.51. The van der Waals surface area contributed by atoms with E-state index in [1.54, 1.807) is 0 Å². The van der Waals surface area contributed by atoms with E-state index >= 15 is 0 Å². The van der Waals surface area contributed by atoms with Crippen LogP contribution in [0.4, 0.5) is 0 Å². The highest BCUT2D eigenvalue weighted by atomic mass is 32.2. The molecule has 7 nitrogen and oxygen atoms in total. The lowest BCUT2D eigenvalue weighted by Crippen LogP contribution is -2.13. The third-order valence-corrected chi connectivity index (χ3v) is 6.19. The number of nitrogens with zero attached hydrogens (tertiary/aromatic N) is 3. The lowest BCUT2D eigenvalue weighted by molar-refractivity contribution is 0.422. The molecule has 0 saturated carbocycles. The molecule has 0 spiro atoms. The Bertz CT molecular complexity index is 1010. The molecule has 0 unspecified atom stereocenters. The van der Waals surface area contributed by atoms with Crippen LogP contribution in [0.3, 0.4) is 0 Å². The number of aromatic amines is 1. The predicted octanol–water partition coefficient (Wildman–Crippen LogP) is 3.43. The highest BCUT2D eigenvalue weighted by Crippen LogP contribution is 2.27. The average molecular weight is 388 g/mol. The molecule has 27 heavy (non-hydrogen) atoms. The second kappa shape index (κ2) is 7.64. The molecule has 0 amide bonds. The number of hydrogen-bond acceptors (Lipinski definition) is 6. The van der Waals surface area contributed by atoms with E-state index in [9.17, 15) is 8.42 Å². The van der Waals surface area contributed by atoms with Gasteiger partial charge in [0.1, 0.15) is 5.25 Å². The van der Waals surface area contributed by atoms with Gasteiger partial charge in [0.25, 0.3) is 0 Å². The summed E-state index contributed by atoms with van der Waals surface area (Å²) in [5.74, 6) is 0.880. The van der Waals surface area contributed by atoms with Crippen molar-refractivity contribution in [3.8, 4) is 0 Å². The zero-order chi connectivity index (χ0) is 19.6. The van der Waals surface area contributed by atoms with Gasteiger partial charge in [-0.3, -0.25) is 0 Å². The van der Waals surface area contributed by atoms with Crippen molar-refractivity contribution >= 4 is 9.84 Å². The number of benzene rings is 1. The highest BCUT2D eigenvalue weighted by Gasteiger charge is 2.33. The van der Waals surface area contributed by atoms with Crippen molar-refractivity contribution in [3.05, 3.63) is 59.1 Å². The second-order valence-electron chi connectivity index (χ2n) is 7.10. The molecule has 1 aromatic carbocycles. The van der Waals surface area contributed by atoms with Gasteiger partial charge in [-0.25, -0.2) is 13.4 Å². The maximum absolute atomic E-state index is 13.0. The largest absolute Gasteiger partial charge is 0.424 e. The summed E-state index contributed by atoms with van der Waals surface area (Å²) in [7, 11) is -3.76. The summed E-state index contributed by atoms with van der Waals surface area (Å²) < 4.78 is 31.5. The first-order valence-corrected chi connectivity index (χ1v) is 10.5. The summed E-state index contributed by atoms with van der Waals surface area (Å²) in [4.78, 5) is 7.25. The van der Waals surface area contributed by atoms with Gasteiger partial charge < -0.3 is 9.40 Å². The molecule has 0 aliphatic heterocycles. The average Bonchev–Trinajstić information content (AvgIpc) is 3.22. The Morgan fingerprint density at radius 1 is 1.11 bits per heavy atom. The fourth-order valence-corrected chi connectivity index (χ4v) is 3.95. The van der Waals surface area contributed by atoms with Crippen molar-refractivity contribution in [2.45, 2.75) is 50.9 Å². The van der Waals surface area contributed by atoms with Crippen molar-refractivity contribution in [1.82, 2.24) is 20.2 Å². The van der Waals surface area contributed by atoms with Crippen LogP contribution in [0.2, 0.25) is 0 Å². The molecule has 144 valence electrons. The normalized spacial score (nSPS) is 13.2. The number of hydrogen-bond donors (Lipinski definition) is 1. The Morgan fingerprint density at radius 3 is 2.48 bits per heavy atom. The Balaban J connectivity index is 1.84. The number of nitrogens with one attached hydrogen (secondary N) is 1. The van der Waals surface area contributed by atoms with E-state index in [4.69, 9.17) is 4.42 Å². The topological polar surface area (TPSA) is 102 Å². The molecule has 0 bridgehead atoms. The first-order chi connectivity index (χ1) is 12.8. The van der Waals surface area contributed by atoms with Crippen LogP contribution >= 0.6 is 0 Å². The van der Waals surface area contributed by atoms with E-state index in [1.807, 2.05) is 51.1 Å². The quantitative estimate of drug-likeness (QED) is 0.665. The second-order valence-corrected chi connectivity index (χ2v) is 9.28. The standard InChI is InChI=1S/C19H24N4O3S/c1-12(2)10-17-22-23-18(26-17)14(4)27(24,25)19-20-13(3)16(21-19)11-15-8-6-5-7-9-15/h5-9,12,14H,10-11H2,1-4H3,(H,20,21)/t14-/m1/s1. The molecule has 1 N–H and O–H groups in total. The van der Waals surface area contributed by atoms with Gasteiger partial charge in [-0.2, -0.15) is 0 Å². The monoisotopic (exact) mass is 388 g/mol. The zero-order valence-electron chi connectivity index (χ0n) is 15.9. The maximum atomic E-state index is 13.0. The molecule has 0 fully saturated rings. The summed E-state index contributed by atoms with van der Waals surface area (Å²) >= 11 is 0. The molecule has 3 aromatic rings. The van der Waals surface area contributed by atoms with E-state index < -0.39 is 15.1 Å². The number of aromatic nitrogens is 4. The fourth-order valence-electron chi connectivity index (χ4n) is 2.73. The molecular weight excluding hydrogens is 364 g/mol. The van der Waals surface area contributed by atoms with Crippen molar-refractivity contribution in [2.24, 2.45) is 5.92 Å². The van der Waals surface area contributed by atoms with E-state index in [0.29, 0.717) is 30.3 Å². The van der Waals surface area contributed by atoms with Gasteiger partial charge in [0.15, 0.2) is 0 Å². The molecule has 8 heteroatoms. The number of imidazole rings is 1. The third kappa shape index (κ3) is 4.27. The van der Waals surface area contributed by atoms with Crippen LogP contribution in [0.25, 0.3) is 0 Å². The van der Waals surface area contributed by atoms with Gasteiger partial charge in [-0.1, -0.05) is 44.2 Å². The Labute approximate surface area is 159 Å². The minimum atomic E-state index is -3.76. The highest BCUT2D eigenvalue weighted by molar-refractivity contribution is 7.91. The van der Waals surface area contributed by atoms with Crippen LogP contribution in [0.15, 0.2) is 39.9 Å². The summed E-state index contributed by atoms with van der Waals surface area (Å²) in [6, 6.07) is 9.80. The fraction of sp³-hybridized carbons (Fsp3) is 0.421. The zero-order valence-corrected chi connectivity index (χ0v) is 16.7. The number of rotatable bonds is 7. The molecule has 0 radical (unpaired) electrons. The SMILES string of the molecule is Cc1[nH]c(S(=O)(=O)[C@H](C)c2nnc(CC(C)C)o2)nc1Cc1ccccc1. The van der Waals surface area contributed by atoms with Gasteiger partial charge in [0.2, 0.25) is 26.8 Å². The number of H-pyrrole nitrogens is 1. The smallest absolute Gasteiger partial charge is 0.234 e. The van der Waals surface area contributed by atoms with Crippen LogP contribution in [-0.4, -0.2) is 28.6 Å². The number of aryl methyl sites for hydroxylation is 1. The van der Waals surface area contributed by atoms with E-state index in [2.05, 4.69) is 20.2 Å². The lowest BCUT2D eigenvalue weighted by atomic mass is 10.1. The Morgan fingerprint density at radius 2 is 1.81 bits per heavy atom. The van der Waals surface area contributed by atoms with Crippen LogP contribution in [0, 0.1) is 12.8 Å². The summed E-state index contributed by atoms with van der Waals surface area (Å²) in [5, 5.41) is 6.83.